The zero-order chi connectivity index (χ0) is 18.7. The summed E-state index contributed by atoms with van der Waals surface area (Å²) in [5.41, 5.74) is 0.677. The molecule has 3 atom stereocenters. The van der Waals surface area contributed by atoms with Crippen molar-refractivity contribution in [3.63, 3.8) is 0 Å². The predicted molar refractivity (Wildman–Crippen MR) is 90.8 cm³/mol. The maximum Gasteiger partial charge on any atom is 0.446 e. The molecule has 1 aromatic rings. The Kier molecular flexibility index (Phi) is 3.80. The number of aliphatic hydroxyl groups is 1. The molecule has 2 bridgehead atoms. The molecule has 1 aromatic carbocycles. The molecule has 1 fully saturated rings. The number of hydrogen-bond acceptors (Lipinski definition) is 7. The van der Waals surface area contributed by atoms with E-state index < -0.39 is 21.6 Å². The number of carbonyl (C=O) groups excluding carboxylic acids is 1. The Bertz CT molecular complexity index is 923. The summed E-state index contributed by atoms with van der Waals surface area (Å²) >= 11 is 0. The third-order valence-electron chi connectivity index (χ3n) is 5.70. The molecule has 4 rings (SSSR count). The lowest BCUT2D eigenvalue weighted by molar-refractivity contribution is -0.121. The van der Waals surface area contributed by atoms with E-state index in [0.717, 1.165) is 5.56 Å². The molecule has 3 N–H and O–H groups in total. The number of nitrogens with one attached hydrogen (secondary N) is 1. The summed E-state index contributed by atoms with van der Waals surface area (Å²) in [6, 6.07) is 3.42. The fourth-order valence-corrected chi connectivity index (χ4v) is 5.14. The van der Waals surface area contributed by atoms with E-state index in [-0.39, 0.29) is 35.6 Å². The Labute approximate surface area is 150 Å². The smallest absolute Gasteiger partial charge is 0.446 e. The number of benzene rings is 1. The van der Waals surface area contributed by atoms with Gasteiger partial charge >= 0.3 is 10.4 Å². The first-order chi connectivity index (χ1) is 12.2. The number of aliphatic hydroxyl groups excluding tert-OH is 1. The van der Waals surface area contributed by atoms with E-state index >= 15 is 0 Å². The minimum absolute atomic E-state index is 0.0125. The van der Waals surface area contributed by atoms with Gasteiger partial charge in [0.25, 0.3) is 0 Å². The first kappa shape index (κ1) is 17.3. The second-order valence-corrected chi connectivity index (χ2v) is 8.01. The SMILES string of the molecule is COc1ccc2c(c1OS(=O)(=O)O)[C@]13CCN[C@@H](C2)[C@@H]1C=C(O)C(=O)C3. The van der Waals surface area contributed by atoms with Crippen LogP contribution in [0, 0.1) is 5.92 Å². The fourth-order valence-electron chi connectivity index (χ4n) is 4.77. The van der Waals surface area contributed by atoms with Crippen molar-refractivity contribution in [1.82, 2.24) is 5.32 Å². The van der Waals surface area contributed by atoms with Gasteiger partial charge in [-0.15, -0.1) is 0 Å². The van der Waals surface area contributed by atoms with Gasteiger partial charge in [-0.1, -0.05) is 6.07 Å². The molecule has 2 aliphatic carbocycles. The number of ketones is 1. The molecule has 0 amide bonds. The molecule has 0 spiro atoms. The number of methoxy groups -OCH3 is 1. The van der Waals surface area contributed by atoms with E-state index in [1.165, 1.54) is 7.11 Å². The number of allylic oxidation sites excluding steroid dienone is 1. The van der Waals surface area contributed by atoms with Crippen molar-refractivity contribution in [3.05, 3.63) is 35.1 Å². The monoisotopic (exact) mass is 381 g/mol. The van der Waals surface area contributed by atoms with Crippen molar-refractivity contribution < 1.29 is 31.8 Å². The average Bonchev–Trinajstić information content (AvgIpc) is 2.54. The molecule has 9 heteroatoms. The Balaban J connectivity index is 2.01. The molecule has 140 valence electrons. The number of carbonyl (C=O) groups is 1. The zero-order valence-electron chi connectivity index (χ0n) is 14.1. The normalized spacial score (nSPS) is 30.1. The maximum absolute atomic E-state index is 12.3. The first-order valence-corrected chi connectivity index (χ1v) is 9.66. The quantitative estimate of drug-likeness (QED) is 0.665. The molecule has 0 saturated carbocycles. The van der Waals surface area contributed by atoms with Crippen LogP contribution in [-0.2, 0) is 27.0 Å². The Morgan fingerprint density at radius 2 is 2.12 bits per heavy atom. The lowest BCUT2D eigenvalue weighted by Gasteiger charge is -2.53. The standard InChI is InChI=1S/C17H19NO7S/c1-24-14-3-2-9-6-11-10-7-12(19)13(20)8-17(10,4-5-18-11)15(9)16(14)25-26(21,22)23/h2-3,7,10-11,18-19H,4-6,8H2,1H3,(H,21,22,23)/t10-,11-,17-/m0/s1. The van der Waals surface area contributed by atoms with E-state index in [1.807, 2.05) is 6.07 Å². The Hall–Kier alpha value is -2.10. The summed E-state index contributed by atoms with van der Waals surface area (Å²) in [6.07, 6.45) is 2.74. The molecule has 0 radical (unpaired) electrons. The van der Waals surface area contributed by atoms with Crippen LogP contribution >= 0.6 is 0 Å². The zero-order valence-corrected chi connectivity index (χ0v) is 14.9. The summed E-state index contributed by atoms with van der Waals surface area (Å²) in [6.45, 7) is 0.644. The molecule has 3 aliphatic rings. The van der Waals surface area contributed by atoms with Crippen LogP contribution in [0.25, 0.3) is 0 Å². The van der Waals surface area contributed by atoms with Crippen LogP contribution in [-0.4, -0.2) is 43.6 Å². The third-order valence-corrected chi connectivity index (χ3v) is 6.08. The summed E-state index contributed by atoms with van der Waals surface area (Å²) in [4.78, 5) is 12.3. The van der Waals surface area contributed by atoms with Gasteiger partial charge in [-0.05, 0) is 37.1 Å². The molecular weight excluding hydrogens is 362 g/mol. The van der Waals surface area contributed by atoms with Crippen molar-refractivity contribution in [1.29, 1.82) is 0 Å². The van der Waals surface area contributed by atoms with Gasteiger partial charge in [0.15, 0.2) is 23.0 Å². The molecular formula is C17H19NO7S. The van der Waals surface area contributed by atoms with Gasteiger partial charge in [-0.2, -0.15) is 8.42 Å². The number of fused-ring (bicyclic) bond motifs is 1. The largest absolute Gasteiger partial charge is 0.505 e. The Morgan fingerprint density at radius 3 is 2.81 bits per heavy atom. The van der Waals surface area contributed by atoms with E-state index in [9.17, 15) is 22.9 Å². The minimum Gasteiger partial charge on any atom is -0.505 e. The van der Waals surface area contributed by atoms with Crippen molar-refractivity contribution in [3.8, 4) is 11.5 Å². The third kappa shape index (κ3) is 2.50. The van der Waals surface area contributed by atoms with Gasteiger partial charge < -0.3 is 19.3 Å². The van der Waals surface area contributed by atoms with Gasteiger partial charge in [0, 0.05) is 29.4 Å². The van der Waals surface area contributed by atoms with Crippen LogP contribution in [0.4, 0.5) is 0 Å². The minimum atomic E-state index is -4.78. The van der Waals surface area contributed by atoms with Crippen LogP contribution in [0.5, 0.6) is 11.5 Å². The lowest BCUT2D eigenvalue weighted by Crippen LogP contribution is -2.60. The van der Waals surface area contributed by atoms with Crippen molar-refractivity contribution in [2.24, 2.45) is 5.92 Å². The molecule has 8 nitrogen and oxygen atoms in total. The van der Waals surface area contributed by atoms with E-state index in [4.69, 9.17) is 8.92 Å². The summed E-state index contributed by atoms with van der Waals surface area (Å²) in [5, 5.41) is 13.4. The molecule has 0 unspecified atom stereocenters. The number of rotatable bonds is 3. The lowest BCUT2D eigenvalue weighted by atomic mass is 9.54. The molecule has 1 heterocycles. The second-order valence-electron chi connectivity index (χ2n) is 6.99. The average molecular weight is 381 g/mol. The second kappa shape index (κ2) is 5.70. The van der Waals surface area contributed by atoms with Gasteiger partial charge in [-0.3, -0.25) is 9.35 Å². The van der Waals surface area contributed by atoms with Crippen LogP contribution in [0.3, 0.4) is 0 Å². The maximum atomic E-state index is 12.3. The molecule has 0 aromatic heterocycles. The van der Waals surface area contributed by atoms with Crippen LogP contribution in [0.1, 0.15) is 24.0 Å². The highest BCUT2D eigenvalue weighted by atomic mass is 32.3. The van der Waals surface area contributed by atoms with E-state index in [2.05, 4.69) is 5.32 Å². The topological polar surface area (TPSA) is 122 Å². The number of piperidine rings is 1. The van der Waals surface area contributed by atoms with Crippen molar-refractivity contribution >= 4 is 16.2 Å². The van der Waals surface area contributed by atoms with Gasteiger partial charge in [0.2, 0.25) is 0 Å². The highest BCUT2D eigenvalue weighted by molar-refractivity contribution is 7.81. The van der Waals surface area contributed by atoms with Gasteiger partial charge in [-0.25, -0.2) is 0 Å². The summed E-state index contributed by atoms with van der Waals surface area (Å²) in [5.74, 6) is -0.770. The predicted octanol–water partition coefficient (Wildman–Crippen LogP) is 1.06. The van der Waals surface area contributed by atoms with Gasteiger partial charge in [0.05, 0.1) is 7.11 Å². The van der Waals surface area contributed by atoms with Crippen LogP contribution in [0.15, 0.2) is 24.0 Å². The van der Waals surface area contributed by atoms with E-state index in [0.29, 0.717) is 24.9 Å². The van der Waals surface area contributed by atoms with Crippen LogP contribution in [0.2, 0.25) is 0 Å². The number of ether oxygens (including phenoxy) is 1. The Morgan fingerprint density at radius 1 is 1.35 bits per heavy atom. The summed E-state index contributed by atoms with van der Waals surface area (Å²) in [7, 11) is -3.41. The highest BCUT2D eigenvalue weighted by Crippen LogP contribution is 2.56. The van der Waals surface area contributed by atoms with Crippen molar-refractivity contribution in [2.75, 3.05) is 13.7 Å². The van der Waals surface area contributed by atoms with Crippen molar-refractivity contribution in [2.45, 2.75) is 30.7 Å². The first-order valence-electron chi connectivity index (χ1n) is 8.30. The number of hydrogen-bond donors (Lipinski definition) is 3. The van der Waals surface area contributed by atoms with Crippen LogP contribution < -0.4 is 14.2 Å². The fraction of sp³-hybridized carbons (Fsp3) is 0.471. The highest BCUT2D eigenvalue weighted by Gasteiger charge is 2.55. The molecule has 1 saturated heterocycles. The summed E-state index contributed by atoms with van der Waals surface area (Å²) < 4.78 is 42.3. The van der Waals surface area contributed by atoms with E-state index in [1.54, 1.807) is 12.1 Å². The molecule has 26 heavy (non-hydrogen) atoms. The number of Topliss-reactive ketones (excluding diaryl/α,β-unsaturated/α-hetero) is 1. The van der Waals surface area contributed by atoms with Gasteiger partial charge in [0.1, 0.15) is 0 Å². The molecule has 1 aliphatic heterocycles.